The summed E-state index contributed by atoms with van der Waals surface area (Å²) in [6.07, 6.45) is 3.48. The standard InChI is InChI=1S/C15H15F2N3O2/c1-19-13-11(9-18-19)5-3-7-20(13)14(21)10-4-2-6-12(8-10)22-15(16)17/h2,4,6,8-9,15H,3,5,7H2,1H3. The average Bonchev–Trinajstić information content (AvgIpc) is 2.88. The van der Waals surface area contributed by atoms with Crippen molar-refractivity contribution in [2.45, 2.75) is 19.5 Å². The monoisotopic (exact) mass is 307 g/mol. The molecule has 1 amide bonds. The third kappa shape index (κ3) is 2.66. The molecular formula is C15H15F2N3O2. The number of rotatable bonds is 3. The van der Waals surface area contributed by atoms with Crippen LogP contribution in [0.2, 0.25) is 0 Å². The molecule has 0 bridgehead atoms. The maximum absolute atomic E-state index is 12.7. The van der Waals surface area contributed by atoms with Gasteiger partial charge in [0.15, 0.2) is 0 Å². The number of anilines is 1. The summed E-state index contributed by atoms with van der Waals surface area (Å²) < 4.78 is 30.6. The second-order valence-electron chi connectivity index (χ2n) is 5.08. The number of nitrogens with zero attached hydrogens (tertiary/aromatic N) is 3. The summed E-state index contributed by atoms with van der Waals surface area (Å²) in [7, 11) is 1.78. The molecule has 0 saturated carbocycles. The Balaban J connectivity index is 1.90. The molecule has 0 spiro atoms. The minimum absolute atomic E-state index is 0.0249. The van der Waals surface area contributed by atoms with E-state index < -0.39 is 6.61 Å². The first-order chi connectivity index (χ1) is 10.6. The zero-order valence-corrected chi connectivity index (χ0v) is 12.0. The number of halogens is 2. The van der Waals surface area contributed by atoms with Crippen LogP contribution in [0.1, 0.15) is 22.3 Å². The molecule has 0 aliphatic carbocycles. The third-order valence-electron chi connectivity index (χ3n) is 3.62. The molecule has 116 valence electrons. The third-order valence-corrected chi connectivity index (χ3v) is 3.62. The van der Waals surface area contributed by atoms with Gasteiger partial charge in [-0.3, -0.25) is 14.4 Å². The Morgan fingerprint density at radius 2 is 2.23 bits per heavy atom. The Bertz CT molecular complexity index is 700. The zero-order valence-electron chi connectivity index (χ0n) is 12.0. The highest BCUT2D eigenvalue weighted by molar-refractivity contribution is 6.06. The Labute approximate surface area is 126 Å². The summed E-state index contributed by atoms with van der Waals surface area (Å²) in [6.45, 7) is -2.34. The van der Waals surface area contributed by atoms with Crippen molar-refractivity contribution in [1.29, 1.82) is 0 Å². The summed E-state index contributed by atoms with van der Waals surface area (Å²) in [5.74, 6) is 0.490. The van der Waals surface area contributed by atoms with E-state index in [9.17, 15) is 13.6 Å². The zero-order chi connectivity index (χ0) is 15.7. The normalized spacial score (nSPS) is 14.1. The molecule has 3 rings (SSSR count). The largest absolute Gasteiger partial charge is 0.435 e. The predicted molar refractivity (Wildman–Crippen MR) is 76.3 cm³/mol. The maximum atomic E-state index is 12.7. The fourth-order valence-electron chi connectivity index (χ4n) is 2.69. The van der Waals surface area contributed by atoms with Crippen LogP contribution >= 0.6 is 0 Å². The van der Waals surface area contributed by atoms with Gasteiger partial charge >= 0.3 is 6.61 Å². The van der Waals surface area contributed by atoms with Crippen LogP contribution < -0.4 is 9.64 Å². The quantitative estimate of drug-likeness (QED) is 0.876. The molecule has 0 radical (unpaired) electrons. The lowest BCUT2D eigenvalue weighted by Gasteiger charge is -2.27. The van der Waals surface area contributed by atoms with E-state index in [2.05, 4.69) is 9.84 Å². The van der Waals surface area contributed by atoms with Crippen LogP contribution in [0.25, 0.3) is 0 Å². The smallest absolute Gasteiger partial charge is 0.387 e. The van der Waals surface area contributed by atoms with Gasteiger partial charge in [0.1, 0.15) is 11.6 Å². The number of ether oxygens (including phenoxy) is 1. The van der Waals surface area contributed by atoms with Crippen LogP contribution in [-0.2, 0) is 13.5 Å². The Morgan fingerprint density at radius 1 is 1.41 bits per heavy atom. The fourth-order valence-corrected chi connectivity index (χ4v) is 2.69. The Morgan fingerprint density at radius 3 is 3.00 bits per heavy atom. The second kappa shape index (κ2) is 5.75. The van der Waals surface area contributed by atoms with Crippen LogP contribution in [0.15, 0.2) is 30.5 Å². The van der Waals surface area contributed by atoms with Crippen LogP contribution in [0.5, 0.6) is 5.75 Å². The van der Waals surface area contributed by atoms with Crippen molar-refractivity contribution in [3.63, 3.8) is 0 Å². The molecule has 2 heterocycles. The van der Waals surface area contributed by atoms with Crippen molar-refractivity contribution < 1.29 is 18.3 Å². The van der Waals surface area contributed by atoms with E-state index in [4.69, 9.17) is 0 Å². The number of hydrogen-bond donors (Lipinski definition) is 0. The van der Waals surface area contributed by atoms with Crippen molar-refractivity contribution >= 4 is 11.7 Å². The lowest BCUT2D eigenvalue weighted by molar-refractivity contribution is -0.0498. The number of amides is 1. The van der Waals surface area contributed by atoms with Gasteiger partial charge in [0.2, 0.25) is 0 Å². The molecule has 1 aromatic heterocycles. The van der Waals surface area contributed by atoms with Gasteiger partial charge in [-0.2, -0.15) is 13.9 Å². The number of hydrogen-bond acceptors (Lipinski definition) is 3. The van der Waals surface area contributed by atoms with Crippen LogP contribution in [0.4, 0.5) is 14.6 Å². The van der Waals surface area contributed by atoms with Crippen molar-refractivity contribution in [2.24, 2.45) is 7.05 Å². The van der Waals surface area contributed by atoms with Gasteiger partial charge in [0.05, 0.1) is 6.20 Å². The number of benzene rings is 1. The van der Waals surface area contributed by atoms with E-state index in [0.717, 1.165) is 24.2 Å². The summed E-state index contributed by atoms with van der Waals surface area (Å²) in [4.78, 5) is 14.3. The van der Waals surface area contributed by atoms with Gasteiger partial charge in [0, 0.05) is 24.7 Å². The molecule has 5 nitrogen and oxygen atoms in total. The highest BCUT2D eigenvalue weighted by atomic mass is 19.3. The molecule has 0 N–H and O–H groups in total. The summed E-state index contributed by atoms with van der Waals surface area (Å²) >= 11 is 0. The first-order valence-corrected chi connectivity index (χ1v) is 6.94. The second-order valence-corrected chi connectivity index (χ2v) is 5.08. The lowest BCUT2D eigenvalue weighted by atomic mass is 10.1. The number of alkyl halides is 2. The molecule has 0 fully saturated rings. The lowest BCUT2D eigenvalue weighted by Crippen LogP contribution is -2.36. The number of fused-ring (bicyclic) bond motifs is 1. The first kappa shape index (κ1) is 14.5. The molecule has 0 saturated heterocycles. The predicted octanol–water partition coefficient (Wildman–Crippen LogP) is 2.61. The highest BCUT2D eigenvalue weighted by Gasteiger charge is 2.27. The first-order valence-electron chi connectivity index (χ1n) is 6.94. The van der Waals surface area contributed by atoms with Gasteiger partial charge in [-0.15, -0.1) is 0 Å². The molecule has 0 unspecified atom stereocenters. The van der Waals surface area contributed by atoms with E-state index in [1.807, 2.05) is 0 Å². The molecule has 0 atom stereocenters. The molecule has 2 aromatic rings. The van der Waals surface area contributed by atoms with E-state index >= 15 is 0 Å². The van der Waals surface area contributed by atoms with Gasteiger partial charge in [-0.05, 0) is 31.0 Å². The summed E-state index contributed by atoms with van der Waals surface area (Å²) in [6, 6.07) is 5.85. The van der Waals surface area contributed by atoms with Gasteiger partial charge in [-0.25, -0.2) is 0 Å². The number of aromatic nitrogens is 2. The van der Waals surface area contributed by atoms with Crippen molar-refractivity contribution in [1.82, 2.24) is 9.78 Å². The van der Waals surface area contributed by atoms with Crippen molar-refractivity contribution in [2.75, 3.05) is 11.4 Å². The Kier molecular flexibility index (Phi) is 3.79. The van der Waals surface area contributed by atoms with Crippen molar-refractivity contribution in [3.8, 4) is 5.75 Å². The number of carbonyl (C=O) groups is 1. The number of carbonyl (C=O) groups excluding carboxylic acids is 1. The Hall–Kier alpha value is -2.44. The summed E-state index contributed by atoms with van der Waals surface area (Å²) in [5, 5.41) is 4.18. The van der Waals surface area contributed by atoms with E-state index in [1.54, 1.807) is 28.9 Å². The molecule has 1 aromatic carbocycles. The fraction of sp³-hybridized carbons (Fsp3) is 0.333. The molecule has 1 aliphatic heterocycles. The van der Waals surface area contributed by atoms with Gasteiger partial charge in [0.25, 0.3) is 5.91 Å². The minimum atomic E-state index is -2.91. The minimum Gasteiger partial charge on any atom is -0.435 e. The van der Waals surface area contributed by atoms with Crippen LogP contribution in [0, 0.1) is 0 Å². The summed E-state index contributed by atoms with van der Waals surface area (Å²) in [5.41, 5.74) is 1.33. The molecule has 1 aliphatic rings. The molecule has 7 heteroatoms. The number of aryl methyl sites for hydroxylation is 2. The van der Waals surface area contributed by atoms with E-state index in [0.29, 0.717) is 12.1 Å². The maximum Gasteiger partial charge on any atom is 0.387 e. The van der Waals surface area contributed by atoms with E-state index in [1.165, 1.54) is 18.2 Å². The van der Waals surface area contributed by atoms with Gasteiger partial charge in [-0.1, -0.05) is 6.07 Å². The van der Waals surface area contributed by atoms with Crippen LogP contribution in [0.3, 0.4) is 0 Å². The topological polar surface area (TPSA) is 47.4 Å². The SMILES string of the molecule is Cn1ncc2c1N(C(=O)c1cccc(OC(F)F)c1)CCC2. The van der Waals surface area contributed by atoms with E-state index in [-0.39, 0.29) is 11.7 Å². The molecular weight excluding hydrogens is 292 g/mol. The molecule has 22 heavy (non-hydrogen) atoms. The highest BCUT2D eigenvalue weighted by Crippen LogP contribution is 2.28. The van der Waals surface area contributed by atoms with Gasteiger partial charge < -0.3 is 4.74 Å². The average molecular weight is 307 g/mol. The van der Waals surface area contributed by atoms with Crippen LogP contribution in [-0.4, -0.2) is 28.8 Å². The van der Waals surface area contributed by atoms with Crippen molar-refractivity contribution in [3.05, 3.63) is 41.6 Å².